The molecule has 0 aromatic carbocycles. The number of ether oxygens (including phenoxy) is 1. The number of carbonyl (C=O) groups excluding carboxylic acids is 1. The average molecular weight is 283 g/mol. The molecular weight excluding hydrogens is 250 g/mol. The van der Waals surface area contributed by atoms with Gasteiger partial charge in [-0.15, -0.1) is 0 Å². The highest BCUT2D eigenvalue weighted by atomic mass is 16.5. The zero-order valence-electron chi connectivity index (χ0n) is 14.2. The highest BCUT2D eigenvalue weighted by molar-refractivity contribution is 5.80. The van der Waals surface area contributed by atoms with Gasteiger partial charge < -0.3 is 9.64 Å². The van der Waals surface area contributed by atoms with E-state index in [4.69, 9.17) is 4.74 Å². The van der Waals surface area contributed by atoms with Crippen molar-refractivity contribution < 1.29 is 9.53 Å². The second-order valence-corrected chi connectivity index (χ2v) is 6.87. The van der Waals surface area contributed by atoms with Crippen molar-refractivity contribution in [1.82, 2.24) is 4.90 Å². The van der Waals surface area contributed by atoms with E-state index in [0.29, 0.717) is 17.9 Å². The first-order valence-corrected chi connectivity index (χ1v) is 8.25. The van der Waals surface area contributed by atoms with Gasteiger partial charge in [0.25, 0.3) is 0 Å². The zero-order chi connectivity index (χ0) is 15.3. The van der Waals surface area contributed by atoms with Crippen LogP contribution in [0.3, 0.4) is 0 Å². The molecular formula is C17H33NO2. The smallest absolute Gasteiger partial charge is 0.226 e. The van der Waals surface area contributed by atoms with Gasteiger partial charge in [-0.1, -0.05) is 27.7 Å². The molecule has 0 aromatic heterocycles. The molecule has 0 N–H and O–H groups in total. The molecule has 0 radical (unpaired) electrons. The topological polar surface area (TPSA) is 29.5 Å². The molecule has 1 rings (SSSR count). The first-order chi connectivity index (χ1) is 9.37. The van der Waals surface area contributed by atoms with E-state index in [1.807, 2.05) is 0 Å². The van der Waals surface area contributed by atoms with Gasteiger partial charge in [-0.05, 0) is 44.4 Å². The third kappa shape index (κ3) is 3.75. The van der Waals surface area contributed by atoms with Gasteiger partial charge in [0.2, 0.25) is 5.91 Å². The summed E-state index contributed by atoms with van der Waals surface area (Å²) < 4.78 is 5.51. The fourth-order valence-corrected chi connectivity index (χ4v) is 3.62. The molecule has 2 atom stereocenters. The van der Waals surface area contributed by atoms with E-state index in [0.717, 1.165) is 39.0 Å². The Labute approximate surface area is 125 Å². The molecule has 0 aliphatic carbocycles. The highest BCUT2D eigenvalue weighted by Crippen LogP contribution is 2.42. The van der Waals surface area contributed by atoms with E-state index < -0.39 is 0 Å². The van der Waals surface area contributed by atoms with Crippen molar-refractivity contribution in [2.24, 2.45) is 17.3 Å². The van der Waals surface area contributed by atoms with Crippen molar-refractivity contribution in [3.05, 3.63) is 0 Å². The van der Waals surface area contributed by atoms with Gasteiger partial charge in [-0.25, -0.2) is 0 Å². The Hall–Kier alpha value is -0.570. The van der Waals surface area contributed by atoms with Crippen LogP contribution in [0.2, 0.25) is 0 Å². The summed E-state index contributed by atoms with van der Waals surface area (Å²) in [7, 11) is 0. The molecule has 1 heterocycles. The Balaban J connectivity index is 2.97. The molecule has 3 heteroatoms. The van der Waals surface area contributed by atoms with E-state index in [9.17, 15) is 4.79 Å². The van der Waals surface area contributed by atoms with E-state index in [1.165, 1.54) is 0 Å². The van der Waals surface area contributed by atoms with Gasteiger partial charge in [0, 0.05) is 31.7 Å². The van der Waals surface area contributed by atoms with Crippen LogP contribution in [-0.4, -0.2) is 36.6 Å². The summed E-state index contributed by atoms with van der Waals surface area (Å²) in [6.45, 7) is 15.5. The summed E-state index contributed by atoms with van der Waals surface area (Å²) in [5.41, 5.74) is 0.0877. The molecule has 0 spiro atoms. The fourth-order valence-electron chi connectivity index (χ4n) is 3.62. The lowest BCUT2D eigenvalue weighted by molar-refractivity contribution is -0.147. The Morgan fingerprint density at radius 1 is 1.20 bits per heavy atom. The van der Waals surface area contributed by atoms with Crippen LogP contribution in [0, 0.1) is 17.3 Å². The minimum absolute atomic E-state index is 0.0877. The second-order valence-electron chi connectivity index (χ2n) is 6.87. The van der Waals surface area contributed by atoms with Gasteiger partial charge in [-0.3, -0.25) is 4.79 Å². The van der Waals surface area contributed by atoms with Crippen LogP contribution in [0.1, 0.15) is 60.8 Å². The fraction of sp³-hybridized carbons (Fsp3) is 0.941. The van der Waals surface area contributed by atoms with Gasteiger partial charge in [-0.2, -0.15) is 0 Å². The van der Waals surface area contributed by atoms with Crippen LogP contribution in [0.25, 0.3) is 0 Å². The number of nitrogens with zero attached hydrogens (tertiary/aromatic N) is 1. The predicted molar refractivity (Wildman–Crippen MR) is 83.6 cm³/mol. The quantitative estimate of drug-likeness (QED) is 0.743. The molecule has 1 aliphatic rings. The number of carbonyl (C=O) groups is 1. The average Bonchev–Trinajstić information content (AvgIpc) is 2.39. The molecule has 3 nitrogen and oxygen atoms in total. The zero-order valence-corrected chi connectivity index (χ0v) is 14.2. The van der Waals surface area contributed by atoms with Crippen molar-refractivity contribution in [3.8, 4) is 0 Å². The maximum absolute atomic E-state index is 13.1. The Morgan fingerprint density at radius 2 is 1.75 bits per heavy atom. The summed E-state index contributed by atoms with van der Waals surface area (Å²) in [4.78, 5) is 15.2. The summed E-state index contributed by atoms with van der Waals surface area (Å²) in [6.07, 6.45) is 3.02. The lowest BCUT2D eigenvalue weighted by atomic mass is 9.66. The normalized spacial score (nSPS) is 21.6. The van der Waals surface area contributed by atoms with E-state index >= 15 is 0 Å². The molecule has 1 aliphatic heterocycles. The summed E-state index contributed by atoms with van der Waals surface area (Å²) in [5.74, 6) is 0.838. The largest absolute Gasteiger partial charge is 0.381 e. The highest BCUT2D eigenvalue weighted by Gasteiger charge is 2.43. The first kappa shape index (κ1) is 17.5. The molecule has 1 saturated heterocycles. The van der Waals surface area contributed by atoms with Gasteiger partial charge in [0.1, 0.15) is 0 Å². The predicted octanol–water partition coefficient (Wildman–Crippen LogP) is 3.72. The number of amides is 1. The van der Waals surface area contributed by atoms with E-state index in [2.05, 4.69) is 46.4 Å². The Morgan fingerprint density at radius 3 is 2.15 bits per heavy atom. The SMILES string of the molecule is CCC(C)N(CC)C(=O)C(C(C)C)C1(C)CCOCC1. The maximum atomic E-state index is 13.1. The maximum Gasteiger partial charge on any atom is 0.226 e. The van der Waals surface area contributed by atoms with Gasteiger partial charge in [0.15, 0.2) is 0 Å². The summed E-state index contributed by atoms with van der Waals surface area (Å²) >= 11 is 0. The third-order valence-electron chi connectivity index (χ3n) is 5.07. The lowest BCUT2D eigenvalue weighted by Gasteiger charge is -2.44. The summed E-state index contributed by atoms with van der Waals surface area (Å²) in [6, 6.07) is 0.331. The van der Waals surface area contributed by atoms with Crippen LogP contribution in [0.15, 0.2) is 0 Å². The van der Waals surface area contributed by atoms with Crippen LogP contribution in [-0.2, 0) is 9.53 Å². The third-order valence-corrected chi connectivity index (χ3v) is 5.07. The van der Waals surface area contributed by atoms with Crippen LogP contribution in [0.5, 0.6) is 0 Å². The van der Waals surface area contributed by atoms with Crippen LogP contribution >= 0.6 is 0 Å². The molecule has 2 unspecified atom stereocenters. The van der Waals surface area contributed by atoms with Gasteiger partial charge in [0.05, 0.1) is 0 Å². The van der Waals surface area contributed by atoms with Crippen molar-refractivity contribution >= 4 is 5.91 Å². The molecule has 118 valence electrons. The minimum Gasteiger partial charge on any atom is -0.381 e. The van der Waals surface area contributed by atoms with Crippen LogP contribution in [0.4, 0.5) is 0 Å². The Kier molecular flexibility index (Phi) is 6.50. The van der Waals surface area contributed by atoms with Crippen molar-refractivity contribution in [1.29, 1.82) is 0 Å². The Bertz CT molecular complexity index is 308. The van der Waals surface area contributed by atoms with E-state index in [-0.39, 0.29) is 11.3 Å². The molecule has 0 bridgehead atoms. The molecule has 20 heavy (non-hydrogen) atoms. The number of hydrogen-bond acceptors (Lipinski definition) is 2. The number of hydrogen-bond donors (Lipinski definition) is 0. The van der Waals surface area contributed by atoms with E-state index in [1.54, 1.807) is 0 Å². The molecule has 1 fully saturated rings. The number of rotatable bonds is 6. The molecule has 0 aromatic rings. The van der Waals surface area contributed by atoms with Crippen molar-refractivity contribution in [3.63, 3.8) is 0 Å². The second kappa shape index (κ2) is 7.44. The van der Waals surface area contributed by atoms with Crippen molar-refractivity contribution in [2.75, 3.05) is 19.8 Å². The lowest BCUT2D eigenvalue weighted by Crippen LogP contribution is -2.50. The molecule has 0 saturated carbocycles. The van der Waals surface area contributed by atoms with Gasteiger partial charge >= 0.3 is 0 Å². The molecule has 1 amide bonds. The standard InChI is InChI=1S/C17H33NO2/c1-7-14(5)18(8-2)16(19)15(13(3)4)17(6)9-11-20-12-10-17/h13-15H,7-12H2,1-6H3. The monoisotopic (exact) mass is 283 g/mol. The summed E-state index contributed by atoms with van der Waals surface area (Å²) in [5, 5.41) is 0. The first-order valence-electron chi connectivity index (χ1n) is 8.25. The minimum atomic E-state index is 0.0877. The van der Waals surface area contributed by atoms with Crippen molar-refractivity contribution in [2.45, 2.75) is 66.8 Å². The van der Waals surface area contributed by atoms with Crippen LogP contribution < -0.4 is 0 Å².